The van der Waals surface area contributed by atoms with Crippen molar-refractivity contribution in [3.8, 4) is 0 Å². The first-order chi connectivity index (χ1) is 4.81. The molecule has 0 fully saturated rings. The van der Waals surface area contributed by atoms with Gasteiger partial charge in [0.05, 0.1) is 12.7 Å². The lowest BCUT2D eigenvalue weighted by molar-refractivity contribution is 0.0975. The molecule has 0 aliphatic rings. The third-order valence-electron chi connectivity index (χ3n) is 1.24. The Kier molecular flexibility index (Phi) is 6.55. The summed E-state index contributed by atoms with van der Waals surface area (Å²) in [5, 5.41) is 17.3. The van der Waals surface area contributed by atoms with E-state index in [0.717, 1.165) is 12.8 Å². The van der Waals surface area contributed by atoms with Crippen molar-refractivity contribution in [2.75, 3.05) is 6.61 Å². The fourth-order valence-corrected chi connectivity index (χ4v) is 0.612. The smallest absolute Gasteiger partial charge is 0.0805 e. The maximum atomic E-state index is 8.86. The van der Waals surface area contributed by atoms with E-state index in [-0.39, 0.29) is 6.61 Å². The van der Waals surface area contributed by atoms with Crippen LogP contribution in [0.1, 0.15) is 26.2 Å². The fraction of sp³-hybridized carbons (Fsp3) is 0.750. The van der Waals surface area contributed by atoms with E-state index in [2.05, 4.69) is 6.92 Å². The highest BCUT2D eigenvalue weighted by Gasteiger charge is 1.95. The van der Waals surface area contributed by atoms with E-state index in [1.165, 1.54) is 0 Å². The van der Waals surface area contributed by atoms with Crippen molar-refractivity contribution in [3.63, 3.8) is 0 Å². The zero-order valence-corrected chi connectivity index (χ0v) is 6.45. The van der Waals surface area contributed by atoms with Crippen molar-refractivity contribution in [2.45, 2.75) is 32.3 Å². The van der Waals surface area contributed by atoms with Gasteiger partial charge in [0.25, 0.3) is 0 Å². The van der Waals surface area contributed by atoms with Crippen LogP contribution < -0.4 is 0 Å². The highest BCUT2D eigenvalue weighted by atomic mass is 16.3. The Bertz CT molecular complexity index is 89.3. The summed E-state index contributed by atoms with van der Waals surface area (Å²) >= 11 is 0. The number of rotatable bonds is 5. The van der Waals surface area contributed by atoms with Gasteiger partial charge in [-0.25, -0.2) is 0 Å². The average Bonchev–Trinajstić information content (AvgIpc) is 1.98. The summed E-state index contributed by atoms with van der Waals surface area (Å²) < 4.78 is 0. The van der Waals surface area contributed by atoms with Gasteiger partial charge in [0.15, 0.2) is 0 Å². The van der Waals surface area contributed by atoms with Gasteiger partial charge in [0.2, 0.25) is 0 Å². The van der Waals surface area contributed by atoms with E-state index in [1.807, 2.05) is 12.2 Å². The molecule has 0 saturated carbocycles. The molecule has 2 nitrogen and oxygen atoms in total. The maximum Gasteiger partial charge on any atom is 0.0805 e. The molecule has 1 atom stereocenters. The molecule has 60 valence electrons. The summed E-state index contributed by atoms with van der Waals surface area (Å²) in [5.74, 6) is 0. The standard InChI is InChI=1S/C8H16O2/c1-2-3-4-5-6-8(10)7-9/h4-5,8-10H,2-3,6-7H2,1H3/b5-4-/t8-/m0/s1. The second kappa shape index (κ2) is 6.78. The first kappa shape index (κ1) is 9.66. The first-order valence-corrected chi connectivity index (χ1v) is 3.75. The Labute approximate surface area is 62.2 Å². The molecule has 0 heterocycles. The third kappa shape index (κ3) is 5.79. The van der Waals surface area contributed by atoms with Gasteiger partial charge in [-0.1, -0.05) is 25.5 Å². The molecule has 0 aliphatic heterocycles. The van der Waals surface area contributed by atoms with E-state index in [4.69, 9.17) is 10.2 Å². The zero-order valence-electron chi connectivity index (χ0n) is 6.45. The fourth-order valence-electron chi connectivity index (χ4n) is 0.612. The van der Waals surface area contributed by atoms with E-state index < -0.39 is 6.10 Å². The molecule has 0 rings (SSSR count). The van der Waals surface area contributed by atoms with Gasteiger partial charge in [-0.2, -0.15) is 0 Å². The predicted octanol–water partition coefficient (Wildman–Crippen LogP) is 1.09. The van der Waals surface area contributed by atoms with Crippen LogP contribution in [0.3, 0.4) is 0 Å². The molecule has 0 aromatic heterocycles. The quantitative estimate of drug-likeness (QED) is 0.567. The van der Waals surface area contributed by atoms with Crippen LogP contribution in [0.15, 0.2) is 12.2 Å². The van der Waals surface area contributed by atoms with Crippen molar-refractivity contribution in [2.24, 2.45) is 0 Å². The minimum atomic E-state index is -0.576. The number of hydrogen-bond donors (Lipinski definition) is 2. The van der Waals surface area contributed by atoms with Gasteiger partial charge in [-0.05, 0) is 12.8 Å². The molecule has 2 heteroatoms. The summed E-state index contributed by atoms with van der Waals surface area (Å²) in [6, 6.07) is 0. The molecule has 10 heavy (non-hydrogen) atoms. The minimum absolute atomic E-state index is 0.142. The third-order valence-corrected chi connectivity index (χ3v) is 1.24. The molecule has 2 N–H and O–H groups in total. The molecule has 0 unspecified atom stereocenters. The highest BCUT2D eigenvalue weighted by molar-refractivity contribution is 4.83. The first-order valence-electron chi connectivity index (χ1n) is 3.75. The van der Waals surface area contributed by atoms with Gasteiger partial charge < -0.3 is 10.2 Å². The SMILES string of the molecule is CCC/C=C\C[C@H](O)CO. The van der Waals surface area contributed by atoms with Gasteiger partial charge >= 0.3 is 0 Å². The second-order valence-electron chi connectivity index (χ2n) is 2.33. The molecular formula is C8H16O2. The Morgan fingerprint density at radius 3 is 2.60 bits per heavy atom. The number of aliphatic hydroxyl groups excluding tert-OH is 2. The molecule has 0 aliphatic carbocycles. The van der Waals surface area contributed by atoms with Gasteiger partial charge in [0, 0.05) is 0 Å². The predicted molar refractivity (Wildman–Crippen MR) is 41.8 cm³/mol. The molecule has 0 saturated heterocycles. The van der Waals surface area contributed by atoms with Crippen LogP contribution in [0.25, 0.3) is 0 Å². The Hall–Kier alpha value is -0.340. The van der Waals surface area contributed by atoms with Crippen molar-refractivity contribution >= 4 is 0 Å². The summed E-state index contributed by atoms with van der Waals surface area (Å²) in [4.78, 5) is 0. The molecule has 0 amide bonds. The molecule has 0 aromatic carbocycles. The van der Waals surface area contributed by atoms with E-state index in [0.29, 0.717) is 6.42 Å². The summed E-state index contributed by atoms with van der Waals surface area (Å²) in [7, 11) is 0. The van der Waals surface area contributed by atoms with Crippen LogP contribution >= 0.6 is 0 Å². The van der Waals surface area contributed by atoms with Crippen LogP contribution in [0.2, 0.25) is 0 Å². The molecule has 0 aromatic rings. The van der Waals surface area contributed by atoms with Gasteiger partial charge in [-0.15, -0.1) is 0 Å². The zero-order chi connectivity index (χ0) is 7.82. The molecule has 0 bridgehead atoms. The largest absolute Gasteiger partial charge is 0.394 e. The minimum Gasteiger partial charge on any atom is -0.394 e. The molecule has 0 radical (unpaired) electrons. The van der Waals surface area contributed by atoms with Crippen molar-refractivity contribution in [1.29, 1.82) is 0 Å². The Morgan fingerprint density at radius 1 is 1.40 bits per heavy atom. The topological polar surface area (TPSA) is 40.5 Å². The Morgan fingerprint density at radius 2 is 2.10 bits per heavy atom. The van der Waals surface area contributed by atoms with E-state index >= 15 is 0 Å². The van der Waals surface area contributed by atoms with Crippen LogP contribution in [0.5, 0.6) is 0 Å². The molecule has 0 spiro atoms. The number of aliphatic hydroxyl groups is 2. The Balaban J connectivity index is 3.16. The van der Waals surface area contributed by atoms with Gasteiger partial charge in [0.1, 0.15) is 0 Å². The van der Waals surface area contributed by atoms with Crippen molar-refractivity contribution in [3.05, 3.63) is 12.2 Å². The van der Waals surface area contributed by atoms with Crippen molar-refractivity contribution in [1.82, 2.24) is 0 Å². The lowest BCUT2D eigenvalue weighted by Crippen LogP contribution is -2.09. The lowest BCUT2D eigenvalue weighted by atomic mass is 10.2. The number of hydrogen-bond acceptors (Lipinski definition) is 2. The van der Waals surface area contributed by atoms with Crippen LogP contribution in [-0.4, -0.2) is 22.9 Å². The van der Waals surface area contributed by atoms with E-state index in [1.54, 1.807) is 0 Å². The second-order valence-corrected chi connectivity index (χ2v) is 2.33. The van der Waals surface area contributed by atoms with Crippen LogP contribution in [0, 0.1) is 0 Å². The maximum absolute atomic E-state index is 8.86. The molecular weight excluding hydrogens is 128 g/mol. The lowest BCUT2D eigenvalue weighted by Gasteiger charge is -2.00. The van der Waals surface area contributed by atoms with Crippen LogP contribution in [-0.2, 0) is 0 Å². The summed E-state index contributed by atoms with van der Waals surface area (Å²) in [6.45, 7) is 1.96. The summed E-state index contributed by atoms with van der Waals surface area (Å²) in [6.07, 6.45) is 6.11. The van der Waals surface area contributed by atoms with Gasteiger partial charge in [-0.3, -0.25) is 0 Å². The highest BCUT2D eigenvalue weighted by Crippen LogP contribution is 1.94. The monoisotopic (exact) mass is 144 g/mol. The average molecular weight is 144 g/mol. The summed E-state index contributed by atoms with van der Waals surface area (Å²) in [5.41, 5.74) is 0. The van der Waals surface area contributed by atoms with E-state index in [9.17, 15) is 0 Å². The van der Waals surface area contributed by atoms with Crippen LogP contribution in [0.4, 0.5) is 0 Å². The van der Waals surface area contributed by atoms with Crippen molar-refractivity contribution < 1.29 is 10.2 Å². The number of allylic oxidation sites excluding steroid dienone is 1. The number of unbranched alkanes of at least 4 members (excludes halogenated alkanes) is 1. The normalized spacial score (nSPS) is 14.3.